The van der Waals surface area contributed by atoms with Crippen molar-refractivity contribution < 1.29 is 26.3 Å². The molecule has 10 heteroatoms. The molecule has 0 aliphatic carbocycles. The van der Waals surface area contributed by atoms with Crippen molar-refractivity contribution in [1.29, 1.82) is 0 Å². The Morgan fingerprint density at radius 3 is 2.21 bits per heavy atom. The zero-order valence-electron chi connectivity index (χ0n) is 14.8. The van der Waals surface area contributed by atoms with E-state index in [2.05, 4.69) is 10.1 Å². The van der Waals surface area contributed by atoms with Crippen molar-refractivity contribution in [2.24, 2.45) is 0 Å². The van der Waals surface area contributed by atoms with Gasteiger partial charge in [0, 0.05) is 18.6 Å². The first-order valence-corrected chi connectivity index (χ1v) is 10.2. The Labute approximate surface area is 166 Å². The van der Waals surface area contributed by atoms with E-state index >= 15 is 0 Å². The second-order valence-corrected chi connectivity index (χ2v) is 8.86. The molecule has 5 nitrogen and oxygen atoms in total. The summed E-state index contributed by atoms with van der Waals surface area (Å²) in [6.07, 6.45) is -4.30. The highest BCUT2D eigenvalue weighted by molar-refractivity contribution is 7.89. The molecule has 0 bridgehead atoms. The van der Waals surface area contributed by atoms with Crippen molar-refractivity contribution in [2.75, 3.05) is 20.1 Å². The van der Waals surface area contributed by atoms with E-state index in [0.29, 0.717) is 24.5 Å². The summed E-state index contributed by atoms with van der Waals surface area (Å²) in [5.41, 5.74) is -0.0464. The molecule has 2 aromatic rings. The Bertz CT molecular complexity index is 926. The number of nitrogens with zero attached hydrogens (tertiary/aromatic N) is 1. The summed E-state index contributed by atoms with van der Waals surface area (Å²) in [5.74, 6) is -0.482. The molecule has 152 valence electrons. The first-order valence-electron chi connectivity index (χ1n) is 8.36. The number of hydrogen-bond donors (Lipinski definition) is 1. The normalized spacial score (nSPS) is 20.5. The Hall–Kier alpha value is -1.81. The van der Waals surface area contributed by atoms with Crippen LogP contribution in [0.2, 0.25) is 5.02 Å². The number of nitrogens with one attached hydrogen (secondary N) is 1. The molecule has 1 saturated heterocycles. The number of hydrogen-bond acceptors (Lipinski definition) is 4. The van der Waals surface area contributed by atoms with E-state index in [1.807, 2.05) is 0 Å². The molecule has 28 heavy (non-hydrogen) atoms. The van der Waals surface area contributed by atoms with Gasteiger partial charge in [0.15, 0.2) is 0 Å². The van der Waals surface area contributed by atoms with Gasteiger partial charge < -0.3 is 10.1 Å². The number of benzene rings is 2. The van der Waals surface area contributed by atoms with Gasteiger partial charge in [0.25, 0.3) is 0 Å². The van der Waals surface area contributed by atoms with Crippen LogP contribution in [0.1, 0.15) is 12.0 Å². The molecular formula is C18H18ClF3N2O3S. The third-order valence-electron chi connectivity index (χ3n) is 4.83. The summed E-state index contributed by atoms with van der Waals surface area (Å²) in [5, 5.41) is 3.72. The van der Waals surface area contributed by atoms with Crippen LogP contribution in [-0.2, 0) is 15.6 Å². The van der Waals surface area contributed by atoms with Crippen molar-refractivity contribution in [3.63, 3.8) is 0 Å². The minimum atomic E-state index is -4.84. The van der Waals surface area contributed by atoms with Crippen molar-refractivity contribution in [3.05, 3.63) is 59.1 Å². The van der Waals surface area contributed by atoms with Crippen molar-refractivity contribution in [2.45, 2.75) is 23.2 Å². The highest BCUT2D eigenvalue weighted by Gasteiger charge is 2.45. The van der Waals surface area contributed by atoms with Crippen molar-refractivity contribution in [1.82, 2.24) is 9.62 Å². The number of rotatable bonds is 5. The Morgan fingerprint density at radius 1 is 1.11 bits per heavy atom. The van der Waals surface area contributed by atoms with Gasteiger partial charge >= 0.3 is 6.36 Å². The number of ether oxygens (including phenoxy) is 1. The fourth-order valence-electron chi connectivity index (χ4n) is 3.34. The van der Waals surface area contributed by atoms with Gasteiger partial charge in [-0.2, -0.15) is 4.31 Å². The molecule has 1 heterocycles. The number of sulfonamides is 1. The summed E-state index contributed by atoms with van der Waals surface area (Å²) in [6, 6.07) is 11.1. The molecule has 1 atom stereocenters. The molecule has 0 spiro atoms. The van der Waals surface area contributed by atoms with Gasteiger partial charge in [-0.25, -0.2) is 8.42 Å². The first kappa shape index (κ1) is 20.9. The number of alkyl halides is 3. The maximum absolute atomic E-state index is 13.2. The third kappa shape index (κ3) is 4.12. The molecule has 1 fully saturated rings. The van der Waals surface area contributed by atoms with Gasteiger partial charge in [-0.1, -0.05) is 23.7 Å². The average molecular weight is 435 g/mol. The average Bonchev–Trinajstić information content (AvgIpc) is 3.11. The first-order chi connectivity index (χ1) is 13.0. The van der Waals surface area contributed by atoms with Crippen LogP contribution in [0.15, 0.2) is 53.4 Å². The van der Waals surface area contributed by atoms with E-state index in [4.69, 9.17) is 11.6 Å². The summed E-state index contributed by atoms with van der Waals surface area (Å²) >= 11 is 5.95. The zero-order chi connectivity index (χ0) is 20.6. The smallest absolute Gasteiger partial charge is 0.406 e. The summed E-state index contributed by atoms with van der Waals surface area (Å²) in [7, 11) is -2.51. The second-order valence-electron chi connectivity index (χ2n) is 6.46. The lowest BCUT2D eigenvalue weighted by Gasteiger charge is -2.37. The minimum Gasteiger partial charge on any atom is -0.406 e. The SMILES string of the molecule is CN([C@]1(c2ccc(Cl)cc2)CCNC1)S(=O)(=O)c1ccc(OC(F)(F)F)cc1. The van der Waals surface area contributed by atoms with E-state index in [0.717, 1.165) is 29.8 Å². The van der Waals surface area contributed by atoms with E-state index < -0.39 is 27.7 Å². The molecule has 0 aromatic heterocycles. The van der Waals surface area contributed by atoms with Crippen LogP contribution in [0, 0.1) is 0 Å². The van der Waals surface area contributed by atoms with E-state index in [1.54, 1.807) is 24.3 Å². The zero-order valence-corrected chi connectivity index (χ0v) is 16.4. The predicted molar refractivity (Wildman–Crippen MR) is 98.7 cm³/mol. The molecule has 1 aliphatic heterocycles. The Morgan fingerprint density at radius 2 is 1.71 bits per heavy atom. The lowest BCUT2D eigenvalue weighted by Crippen LogP contribution is -2.48. The molecule has 3 rings (SSSR count). The van der Waals surface area contributed by atoms with Gasteiger partial charge in [0.1, 0.15) is 5.75 Å². The molecule has 0 saturated carbocycles. The van der Waals surface area contributed by atoms with Gasteiger partial charge in [-0.3, -0.25) is 0 Å². The van der Waals surface area contributed by atoms with Crippen LogP contribution < -0.4 is 10.1 Å². The molecule has 1 N–H and O–H groups in total. The maximum atomic E-state index is 13.2. The van der Waals surface area contributed by atoms with Crippen LogP contribution >= 0.6 is 11.6 Å². The fourth-order valence-corrected chi connectivity index (χ4v) is 4.98. The summed E-state index contributed by atoms with van der Waals surface area (Å²) in [6.45, 7) is 1.03. The Kier molecular flexibility index (Phi) is 5.64. The number of halogens is 4. The second kappa shape index (κ2) is 7.55. The lowest BCUT2D eigenvalue weighted by atomic mass is 9.89. The third-order valence-corrected chi connectivity index (χ3v) is 7.02. The van der Waals surface area contributed by atoms with Gasteiger partial charge in [-0.15, -0.1) is 13.2 Å². The monoisotopic (exact) mass is 434 g/mol. The maximum Gasteiger partial charge on any atom is 0.573 e. The van der Waals surface area contributed by atoms with Crippen molar-refractivity contribution in [3.8, 4) is 5.75 Å². The largest absolute Gasteiger partial charge is 0.573 e. The van der Waals surface area contributed by atoms with E-state index in [-0.39, 0.29) is 4.90 Å². The molecule has 1 aliphatic rings. The van der Waals surface area contributed by atoms with E-state index in [1.165, 1.54) is 11.4 Å². The standard InChI is InChI=1S/C18H18ClF3N2O3S/c1-24(17(10-11-23-12-17)13-2-4-14(19)5-3-13)28(25,26)16-8-6-15(7-9-16)27-18(20,21)22/h2-9,23H,10-12H2,1H3/t17-/m1/s1. The van der Waals surface area contributed by atoms with Crippen LogP contribution in [0.3, 0.4) is 0 Å². The molecule has 0 amide bonds. The molecule has 2 aromatic carbocycles. The van der Waals surface area contributed by atoms with Gasteiger partial charge in [-0.05, 0) is 54.9 Å². The number of likely N-dealkylation sites (N-methyl/N-ethyl adjacent to an activating group) is 1. The van der Waals surface area contributed by atoms with Gasteiger partial charge in [0.2, 0.25) is 10.0 Å². The van der Waals surface area contributed by atoms with Crippen molar-refractivity contribution >= 4 is 21.6 Å². The van der Waals surface area contributed by atoms with Crippen LogP contribution in [0.4, 0.5) is 13.2 Å². The van der Waals surface area contributed by atoms with Crippen LogP contribution in [-0.4, -0.2) is 39.2 Å². The quantitative estimate of drug-likeness (QED) is 0.778. The topological polar surface area (TPSA) is 58.6 Å². The minimum absolute atomic E-state index is 0.121. The molecule has 0 unspecified atom stereocenters. The van der Waals surface area contributed by atoms with Gasteiger partial charge in [0.05, 0.1) is 10.4 Å². The lowest BCUT2D eigenvalue weighted by molar-refractivity contribution is -0.274. The van der Waals surface area contributed by atoms with Crippen LogP contribution in [0.25, 0.3) is 0 Å². The predicted octanol–water partition coefficient (Wildman–Crippen LogP) is 3.75. The fraction of sp³-hybridized carbons (Fsp3) is 0.333. The highest BCUT2D eigenvalue weighted by atomic mass is 35.5. The summed E-state index contributed by atoms with van der Waals surface area (Å²) < 4.78 is 68.3. The van der Waals surface area contributed by atoms with E-state index in [9.17, 15) is 21.6 Å². The van der Waals surface area contributed by atoms with Crippen LogP contribution in [0.5, 0.6) is 5.75 Å². The Balaban J connectivity index is 1.94. The summed E-state index contributed by atoms with van der Waals surface area (Å²) in [4.78, 5) is -0.121. The molecular weight excluding hydrogens is 417 g/mol. The highest BCUT2D eigenvalue weighted by Crippen LogP contribution is 2.38. The molecule has 0 radical (unpaired) electrons.